The SMILES string of the molecule is COc1cc2c(c3oc(=O)c4c(c13)[C@@H](O)CC4=O)[C@@H]1C=CO[C@H]1O2. The maximum atomic E-state index is 12.3. The van der Waals surface area contributed by atoms with Crippen molar-refractivity contribution in [3.05, 3.63) is 45.5 Å². The van der Waals surface area contributed by atoms with E-state index in [0.717, 1.165) is 0 Å². The molecule has 3 aliphatic rings. The molecule has 3 heterocycles. The Kier molecular flexibility index (Phi) is 2.49. The minimum atomic E-state index is -1.06. The molecule has 0 saturated heterocycles. The van der Waals surface area contributed by atoms with E-state index in [0.29, 0.717) is 22.4 Å². The first kappa shape index (κ1) is 13.6. The van der Waals surface area contributed by atoms with Crippen LogP contribution in [0.25, 0.3) is 11.0 Å². The molecule has 7 heteroatoms. The van der Waals surface area contributed by atoms with E-state index in [-0.39, 0.29) is 29.0 Å². The summed E-state index contributed by atoms with van der Waals surface area (Å²) in [6.45, 7) is 0. The first-order valence-electron chi connectivity index (χ1n) is 7.51. The van der Waals surface area contributed by atoms with Crippen LogP contribution in [0.1, 0.15) is 39.9 Å². The Bertz CT molecular complexity index is 1000. The number of hydrogen-bond acceptors (Lipinski definition) is 7. The molecule has 7 nitrogen and oxygen atoms in total. The van der Waals surface area contributed by atoms with Gasteiger partial charge < -0.3 is 23.7 Å². The summed E-state index contributed by atoms with van der Waals surface area (Å²) in [5, 5.41) is 10.7. The van der Waals surface area contributed by atoms with Gasteiger partial charge in [0.1, 0.15) is 22.6 Å². The Morgan fingerprint density at radius 1 is 1.29 bits per heavy atom. The Balaban J connectivity index is 1.96. The van der Waals surface area contributed by atoms with E-state index in [1.54, 1.807) is 6.07 Å². The van der Waals surface area contributed by atoms with Gasteiger partial charge in [-0.05, 0) is 6.08 Å². The third kappa shape index (κ3) is 1.50. The maximum absolute atomic E-state index is 12.3. The summed E-state index contributed by atoms with van der Waals surface area (Å²) in [6.07, 6.45) is 1.65. The van der Waals surface area contributed by atoms with Crippen molar-refractivity contribution in [2.24, 2.45) is 0 Å². The van der Waals surface area contributed by atoms with Crippen molar-refractivity contribution < 1.29 is 28.5 Å². The zero-order chi connectivity index (χ0) is 16.6. The van der Waals surface area contributed by atoms with Crippen molar-refractivity contribution in [2.75, 3.05) is 7.11 Å². The Morgan fingerprint density at radius 3 is 2.92 bits per heavy atom. The molecule has 0 fully saturated rings. The normalized spacial score (nSPS) is 26.1. The average molecular weight is 328 g/mol. The largest absolute Gasteiger partial charge is 0.496 e. The van der Waals surface area contributed by atoms with Crippen LogP contribution in [0.3, 0.4) is 0 Å². The molecule has 3 atom stereocenters. The number of ketones is 1. The van der Waals surface area contributed by atoms with Crippen molar-refractivity contribution in [3.63, 3.8) is 0 Å². The van der Waals surface area contributed by atoms with Crippen LogP contribution in [0.15, 0.2) is 27.6 Å². The third-order valence-electron chi connectivity index (χ3n) is 4.76. The van der Waals surface area contributed by atoms with Gasteiger partial charge in [-0.3, -0.25) is 4.79 Å². The summed E-state index contributed by atoms with van der Waals surface area (Å²) in [7, 11) is 1.47. The topological polar surface area (TPSA) is 95.2 Å². The molecule has 1 aliphatic carbocycles. The number of aliphatic hydroxyl groups is 1. The summed E-state index contributed by atoms with van der Waals surface area (Å²) < 4.78 is 22.0. The van der Waals surface area contributed by atoms with Crippen LogP contribution in [0.4, 0.5) is 0 Å². The molecular weight excluding hydrogens is 316 g/mol. The number of aliphatic hydroxyl groups excluding tert-OH is 1. The highest BCUT2D eigenvalue weighted by atomic mass is 16.7. The van der Waals surface area contributed by atoms with E-state index in [1.165, 1.54) is 13.4 Å². The fourth-order valence-corrected chi connectivity index (χ4v) is 3.76. The number of carbonyl (C=O) groups excluding carboxylic acids is 1. The molecule has 0 saturated carbocycles. The number of methoxy groups -OCH3 is 1. The second-order valence-corrected chi connectivity index (χ2v) is 5.99. The number of rotatable bonds is 1. The maximum Gasteiger partial charge on any atom is 0.347 e. The van der Waals surface area contributed by atoms with Gasteiger partial charge in [0.25, 0.3) is 6.29 Å². The number of Topliss-reactive ketones (excluding diaryl/α,β-unsaturated/α-hetero) is 1. The molecule has 122 valence electrons. The fraction of sp³-hybridized carbons (Fsp3) is 0.294. The first-order chi connectivity index (χ1) is 11.6. The molecule has 0 bridgehead atoms. The number of carbonyl (C=O) groups is 1. The summed E-state index contributed by atoms with van der Waals surface area (Å²) in [6, 6.07) is 1.67. The lowest BCUT2D eigenvalue weighted by atomic mass is 9.95. The summed E-state index contributed by atoms with van der Waals surface area (Å²) >= 11 is 0. The second-order valence-electron chi connectivity index (χ2n) is 5.99. The van der Waals surface area contributed by atoms with E-state index in [9.17, 15) is 14.7 Å². The predicted octanol–water partition coefficient (Wildman–Crippen LogP) is 1.77. The van der Waals surface area contributed by atoms with E-state index < -0.39 is 23.8 Å². The van der Waals surface area contributed by atoms with Gasteiger partial charge in [-0.25, -0.2) is 4.79 Å². The first-order valence-corrected chi connectivity index (χ1v) is 7.51. The standard InChI is InChI=1S/C17H12O7/c1-21-9-5-10-11(6-2-3-22-17(6)23-10)15-14(9)12-7(18)4-8(19)13(12)16(20)24-15/h2-3,5-7,17-18H,4H2,1H3/t6-,7-,17-/m0/s1. The smallest absolute Gasteiger partial charge is 0.347 e. The quantitative estimate of drug-likeness (QED) is 0.797. The fourth-order valence-electron chi connectivity index (χ4n) is 3.76. The van der Waals surface area contributed by atoms with Gasteiger partial charge in [0, 0.05) is 18.1 Å². The Hall–Kier alpha value is -2.80. The molecule has 0 radical (unpaired) electrons. The lowest BCUT2D eigenvalue weighted by Gasteiger charge is -2.14. The van der Waals surface area contributed by atoms with Gasteiger partial charge >= 0.3 is 5.63 Å². The highest BCUT2D eigenvalue weighted by Crippen LogP contribution is 2.51. The molecular formula is C17H12O7. The molecule has 0 spiro atoms. The molecule has 1 aromatic heterocycles. The van der Waals surface area contributed by atoms with Crippen LogP contribution in [0, 0.1) is 0 Å². The number of ether oxygens (including phenoxy) is 3. The van der Waals surface area contributed by atoms with E-state index in [2.05, 4.69) is 0 Å². The van der Waals surface area contributed by atoms with Crippen molar-refractivity contribution >= 4 is 16.8 Å². The van der Waals surface area contributed by atoms with Crippen LogP contribution in [-0.2, 0) is 4.74 Å². The monoisotopic (exact) mass is 328 g/mol. The minimum Gasteiger partial charge on any atom is -0.496 e. The summed E-state index contributed by atoms with van der Waals surface area (Å²) in [4.78, 5) is 24.4. The Labute approximate surface area is 135 Å². The van der Waals surface area contributed by atoms with Gasteiger partial charge in [0.15, 0.2) is 5.78 Å². The van der Waals surface area contributed by atoms with Crippen LogP contribution >= 0.6 is 0 Å². The van der Waals surface area contributed by atoms with E-state index in [4.69, 9.17) is 18.6 Å². The highest BCUT2D eigenvalue weighted by Gasteiger charge is 2.43. The zero-order valence-electron chi connectivity index (χ0n) is 12.6. The van der Waals surface area contributed by atoms with Crippen LogP contribution in [-0.4, -0.2) is 24.3 Å². The van der Waals surface area contributed by atoms with Gasteiger partial charge in [0.05, 0.1) is 36.3 Å². The summed E-state index contributed by atoms with van der Waals surface area (Å²) in [5.74, 6) is 0.236. The number of fused-ring (bicyclic) bond motifs is 7. The van der Waals surface area contributed by atoms with Gasteiger partial charge in [0.2, 0.25) is 0 Å². The van der Waals surface area contributed by atoms with Crippen molar-refractivity contribution in [2.45, 2.75) is 24.7 Å². The molecule has 1 aromatic carbocycles. The minimum absolute atomic E-state index is 0.0954. The molecule has 0 amide bonds. The van der Waals surface area contributed by atoms with E-state index in [1.807, 2.05) is 6.08 Å². The number of benzene rings is 1. The lowest BCUT2D eigenvalue weighted by molar-refractivity contribution is -0.00485. The van der Waals surface area contributed by atoms with Crippen LogP contribution in [0.2, 0.25) is 0 Å². The predicted molar refractivity (Wildman–Crippen MR) is 80.3 cm³/mol. The van der Waals surface area contributed by atoms with Gasteiger partial charge in [-0.15, -0.1) is 0 Å². The van der Waals surface area contributed by atoms with Crippen LogP contribution in [0.5, 0.6) is 11.5 Å². The molecule has 2 aliphatic heterocycles. The van der Waals surface area contributed by atoms with Crippen molar-refractivity contribution in [3.8, 4) is 11.5 Å². The molecule has 0 unspecified atom stereocenters. The lowest BCUT2D eigenvalue weighted by Crippen LogP contribution is -2.15. The van der Waals surface area contributed by atoms with Crippen LogP contribution < -0.4 is 15.1 Å². The molecule has 5 rings (SSSR count). The molecule has 1 N–H and O–H groups in total. The summed E-state index contributed by atoms with van der Waals surface area (Å²) in [5.41, 5.74) is 0.362. The van der Waals surface area contributed by atoms with E-state index >= 15 is 0 Å². The van der Waals surface area contributed by atoms with Crippen molar-refractivity contribution in [1.29, 1.82) is 0 Å². The van der Waals surface area contributed by atoms with Gasteiger partial charge in [-0.1, -0.05) is 0 Å². The average Bonchev–Trinajstić information content (AvgIpc) is 3.19. The number of hydrogen-bond donors (Lipinski definition) is 1. The molecule has 24 heavy (non-hydrogen) atoms. The molecule has 2 aromatic rings. The Morgan fingerprint density at radius 2 is 2.12 bits per heavy atom. The van der Waals surface area contributed by atoms with Gasteiger partial charge in [-0.2, -0.15) is 0 Å². The highest BCUT2D eigenvalue weighted by molar-refractivity contribution is 6.07. The van der Waals surface area contributed by atoms with Crippen molar-refractivity contribution in [1.82, 2.24) is 0 Å². The zero-order valence-corrected chi connectivity index (χ0v) is 12.6. The second kappa shape index (κ2) is 4.39. The third-order valence-corrected chi connectivity index (χ3v) is 4.76.